The Morgan fingerprint density at radius 3 is 2.72 bits per heavy atom. The number of fused-ring (bicyclic) bond motifs is 1. The first-order chi connectivity index (χ1) is 12.2. The average Bonchev–Trinajstić information content (AvgIpc) is 3.06. The van der Waals surface area contributed by atoms with Crippen LogP contribution in [0, 0.1) is 12.7 Å². The zero-order valence-electron chi connectivity index (χ0n) is 13.5. The van der Waals surface area contributed by atoms with Gasteiger partial charge in [0, 0.05) is 29.1 Å². The van der Waals surface area contributed by atoms with Crippen LogP contribution in [0.3, 0.4) is 0 Å². The van der Waals surface area contributed by atoms with E-state index >= 15 is 0 Å². The average molecular weight is 331 g/mol. The first kappa shape index (κ1) is 15.2. The lowest BCUT2D eigenvalue weighted by Gasteiger charge is -2.10. The highest BCUT2D eigenvalue weighted by Crippen LogP contribution is 2.31. The van der Waals surface area contributed by atoms with Gasteiger partial charge in [0.2, 0.25) is 0 Å². The molecule has 3 heterocycles. The summed E-state index contributed by atoms with van der Waals surface area (Å²) in [6.07, 6.45) is 5.89. The van der Waals surface area contributed by atoms with Crippen molar-refractivity contribution in [3.05, 3.63) is 78.1 Å². The van der Waals surface area contributed by atoms with E-state index in [-0.39, 0.29) is 5.82 Å². The van der Waals surface area contributed by atoms with Crippen molar-refractivity contribution in [2.75, 3.05) is 0 Å². The van der Waals surface area contributed by atoms with Gasteiger partial charge in [-0.15, -0.1) is 0 Å². The number of halogens is 1. The van der Waals surface area contributed by atoms with Crippen LogP contribution in [0.4, 0.5) is 4.39 Å². The molecule has 0 radical (unpaired) electrons. The van der Waals surface area contributed by atoms with Crippen LogP contribution in [-0.2, 0) is 0 Å². The largest absolute Gasteiger partial charge is 0.297 e. The molecule has 0 bridgehead atoms. The van der Waals surface area contributed by atoms with Gasteiger partial charge in [-0.1, -0.05) is 6.07 Å². The fraction of sp³-hybridized carbons (Fsp3) is 0.0500. The third-order valence-electron chi connectivity index (χ3n) is 4.21. The second-order valence-electron chi connectivity index (χ2n) is 5.81. The molecular weight excluding hydrogens is 317 g/mol. The van der Waals surface area contributed by atoms with Crippen molar-refractivity contribution in [3.63, 3.8) is 0 Å². The SMILES string of the molecule is Cc1cc(-c2ncccc2-c2ccc3ncc(C=O)n3c2)ccc1F. The fourth-order valence-electron chi connectivity index (χ4n) is 2.91. The van der Waals surface area contributed by atoms with Gasteiger partial charge in [-0.05, 0) is 48.9 Å². The molecule has 0 atom stereocenters. The highest BCUT2D eigenvalue weighted by atomic mass is 19.1. The molecule has 0 fully saturated rings. The molecule has 0 aliphatic rings. The number of nitrogens with zero attached hydrogens (tertiary/aromatic N) is 3. The summed E-state index contributed by atoms with van der Waals surface area (Å²) in [6, 6.07) is 12.6. The van der Waals surface area contributed by atoms with Gasteiger partial charge in [0.05, 0.1) is 11.9 Å². The zero-order valence-corrected chi connectivity index (χ0v) is 13.5. The molecule has 0 spiro atoms. The maximum atomic E-state index is 13.6. The van der Waals surface area contributed by atoms with E-state index in [1.54, 1.807) is 35.9 Å². The molecule has 0 aliphatic heterocycles. The number of aldehydes is 1. The Morgan fingerprint density at radius 1 is 1.08 bits per heavy atom. The van der Waals surface area contributed by atoms with Crippen molar-refractivity contribution in [2.45, 2.75) is 6.92 Å². The first-order valence-corrected chi connectivity index (χ1v) is 7.81. The van der Waals surface area contributed by atoms with Crippen LogP contribution in [0.1, 0.15) is 16.1 Å². The Labute approximate surface area is 143 Å². The summed E-state index contributed by atoms with van der Waals surface area (Å²) in [5.41, 5.74) is 5.17. The van der Waals surface area contributed by atoms with Crippen molar-refractivity contribution in [1.29, 1.82) is 0 Å². The highest BCUT2D eigenvalue weighted by molar-refractivity contribution is 5.82. The molecule has 0 N–H and O–H groups in total. The third kappa shape index (κ3) is 2.59. The van der Waals surface area contributed by atoms with Gasteiger partial charge in [0.1, 0.15) is 17.2 Å². The van der Waals surface area contributed by atoms with Gasteiger partial charge in [-0.3, -0.25) is 14.2 Å². The van der Waals surface area contributed by atoms with Crippen LogP contribution in [0.15, 0.2) is 61.1 Å². The quantitative estimate of drug-likeness (QED) is 0.525. The maximum absolute atomic E-state index is 13.6. The van der Waals surface area contributed by atoms with Crippen molar-refractivity contribution < 1.29 is 9.18 Å². The summed E-state index contributed by atoms with van der Waals surface area (Å²) < 4.78 is 15.3. The Balaban J connectivity index is 1.91. The molecule has 1 aromatic carbocycles. The van der Waals surface area contributed by atoms with Gasteiger partial charge in [0.15, 0.2) is 6.29 Å². The van der Waals surface area contributed by atoms with E-state index in [9.17, 15) is 9.18 Å². The van der Waals surface area contributed by atoms with Crippen LogP contribution in [-0.4, -0.2) is 20.7 Å². The summed E-state index contributed by atoms with van der Waals surface area (Å²) in [5.74, 6) is -0.239. The predicted molar refractivity (Wildman–Crippen MR) is 93.9 cm³/mol. The van der Waals surface area contributed by atoms with Crippen LogP contribution in [0.2, 0.25) is 0 Å². The Hall–Kier alpha value is -3.34. The molecule has 4 rings (SSSR count). The Kier molecular flexibility index (Phi) is 3.61. The highest BCUT2D eigenvalue weighted by Gasteiger charge is 2.12. The van der Waals surface area contributed by atoms with Gasteiger partial charge >= 0.3 is 0 Å². The van der Waals surface area contributed by atoms with E-state index in [0.29, 0.717) is 16.9 Å². The minimum absolute atomic E-state index is 0.239. The Morgan fingerprint density at radius 2 is 1.92 bits per heavy atom. The van der Waals surface area contributed by atoms with Gasteiger partial charge in [-0.2, -0.15) is 0 Å². The predicted octanol–water partition coefficient (Wildman–Crippen LogP) is 4.32. The summed E-state index contributed by atoms with van der Waals surface area (Å²) in [4.78, 5) is 19.9. The van der Waals surface area contributed by atoms with Crippen LogP contribution in [0.25, 0.3) is 28.0 Å². The topological polar surface area (TPSA) is 47.3 Å². The number of rotatable bonds is 3. The number of hydrogen-bond donors (Lipinski definition) is 0. The molecule has 5 heteroatoms. The lowest BCUT2D eigenvalue weighted by atomic mass is 9.99. The molecule has 122 valence electrons. The third-order valence-corrected chi connectivity index (χ3v) is 4.21. The lowest BCUT2D eigenvalue weighted by molar-refractivity contribution is 0.111. The molecular formula is C20H14FN3O. The number of imidazole rings is 1. The first-order valence-electron chi connectivity index (χ1n) is 7.81. The summed E-state index contributed by atoms with van der Waals surface area (Å²) in [7, 11) is 0. The normalized spacial score (nSPS) is 11.0. The number of carbonyl (C=O) groups excluding carboxylic acids is 1. The number of aryl methyl sites for hydroxylation is 1. The molecule has 25 heavy (non-hydrogen) atoms. The fourth-order valence-corrected chi connectivity index (χ4v) is 2.91. The molecule has 0 saturated heterocycles. The Bertz CT molecular complexity index is 1100. The van der Waals surface area contributed by atoms with E-state index < -0.39 is 0 Å². The molecule has 3 aromatic heterocycles. The van der Waals surface area contributed by atoms with Crippen molar-refractivity contribution in [3.8, 4) is 22.4 Å². The van der Waals surface area contributed by atoms with Crippen LogP contribution < -0.4 is 0 Å². The van der Waals surface area contributed by atoms with E-state index in [1.165, 1.54) is 6.07 Å². The molecule has 0 aliphatic carbocycles. The maximum Gasteiger partial charge on any atom is 0.168 e. The van der Waals surface area contributed by atoms with Gasteiger partial charge in [0.25, 0.3) is 0 Å². The second-order valence-corrected chi connectivity index (χ2v) is 5.81. The molecule has 0 unspecified atom stereocenters. The summed E-state index contributed by atoms with van der Waals surface area (Å²) in [5, 5.41) is 0. The number of benzene rings is 1. The van der Waals surface area contributed by atoms with Crippen molar-refractivity contribution in [1.82, 2.24) is 14.4 Å². The van der Waals surface area contributed by atoms with Gasteiger partial charge < -0.3 is 0 Å². The number of carbonyl (C=O) groups is 1. The summed E-state index contributed by atoms with van der Waals surface area (Å²) in [6.45, 7) is 1.73. The number of hydrogen-bond acceptors (Lipinski definition) is 3. The van der Waals surface area contributed by atoms with E-state index in [1.807, 2.05) is 30.5 Å². The summed E-state index contributed by atoms with van der Waals surface area (Å²) >= 11 is 0. The minimum Gasteiger partial charge on any atom is -0.297 e. The second kappa shape index (κ2) is 5.94. The molecule has 4 nitrogen and oxygen atoms in total. The number of pyridine rings is 2. The smallest absolute Gasteiger partial charge is 0.168 e. The van der Waals surface area contributed by atoms with E-state index in [0.717, 1.165) is 28.7 Å². The molecule has 4 aromatic rings. The molecule has 0 saturated carbocycles. The van der Waals surface area contributed by atoms with Gasteiger partial charge in [-0.25, -0.2) is 9.37 Å². The standard InChI is InChI=1S/C20H14FN3O/c1-13-9-14(4-6-18(13)21)20-17(3-2-8-22-20)15-5-7-19-23-10-16(12-25)24(19)11-15/h2-12H,1H3. The monoisotopic (exact) mass is 331 g/mol. The van der Waals surface area contributed by atoms with Crippen molar-refractivity contribution in [2.24, 2.45) is 0 Å². The lowest BCUT2D eigenvalue weighted by Crippen LogP contribution is -1.94. The molecule has 0 amide bonds. The van der Waals surface area contributed by atoms with E-state index in [2.05, 4.69) is 9.97 Å². The van der Waals surface area contributed by atoms with Crippen molar-refractivity contribution >= 4 is 11.9 Å². The number of aromatic nitrogens is 3. The van der Waals surface area contributed by atoms with Crippen LogP contribution in [0.5, 0.6) is 0 Å². The van der Waals surface area contributed by atoms with Crippen LogP contribution >= 0.6 is 0 Å². The van der Waals surface area contributed by atoms with E-state index in [4.69, 9.17) is 0 Å². The minimum atomic E-state index is -0.239. The zero-order chi connectivity index (χ0) is 17.4.